The molecule has 0 saturated heterocycles. The van der Waals surface area contributed by atoms with E-state index >= 15 is 0 Å². The summed E-state index contributed by atoms with van der Waals surface area (Å²) in [6, 6.07) is 17.3. The molecule has 0 spiro atoms. The Balaban J connectivity index is 1.54. The number of hydrogen-bond donors (Lipinski definition) is 1. The fourth-order valence-corrected chi connectivity index (χ4v) is 3.12. The average molecular weight is 335 g/mol. The molecule has 4 rings (SSSR count). The Labute approximate surface area is 143 Å². The molecule has 1 heterocycles. The number of benzene rings is 2. The van der Waals surface area contributed by atoms with Crippen LogP contribution in [0.3, 0.4) is 0 Å². The van der Waals surface area contributed by atoms with Gasteiger partial charge in [-0.1, -0.05) is 54.6 Å². The van der Waals surface area contributed by atoms with Gasteiger partial charge in [-0.3, -0.25) is 9.78 Å². The van der Waals surface area contributed by atoms with E-state index in [0.717, 1.165) is 17.5 Å². The Morgan fingerprint density at radius 2 is 1.64 bits per heavy atom. The molecular formula is C19H17N3O3. The molecule has 6 nitrogen and oxygen atoms in total. The van der Waals surface area contributed by atoms with Crippen molar-refractivity contribution in [2.75, 3.05) is 0 Å². The lowest BCUT2D eigenvalue weighted by Gasteiger charge is -2.12. The quantitative estimate of drug-likeness (QED) is 0.788. The summed E-state index contributed by atoms with van der Waals surface area (Å²) >= 11 is 0. The number of aromatic nitrogens is 3. The van der Waals surface area contributed by atoms with Gasteiger partial charge in [0, 0.05) is 5.56 Å². The van der Waals surface area contributed by atoms with E-state index in [9.17, 15) is 9.59 Å². The summed E-state index contributed by atoms with van der Waals surface area (Å²) < 4.78 is 7.02. The van der Waals surface area contributed by atoms with Crippen molar-refractivity contribution in [2.45, 2.75) is 25.7 Å². The molecule has 126 valence electrons. The minimum Gasteiger partial charge on any atom is -0.355 e. The van der Waals surface area contributed by atoms with Gasteiger partial charge in [-0.25, -0.2) is 4.79 Å². The minimum absolute atomic E-state index is 0.00804. The Bertz CT molecular complexity index is 983. The molecule has 1 aliphatic rings. The van der Waals surface area contributed by atoms with Crippen molar-refractivity contribution in [3.8, 4) is 11.3 Å². The second kappa shape index (κ2) is 6.49. The average Bonchev–Trinajstić information content (AvgIpc) is 3.04. The highest BCUT2D eigenvalue weighted by Crippen LogP contribution is 2.23. The minimum atomic E-state index is -0.569. The van der Waals surface area contributed by atoms with E-state index in [-0.39, 0.29) is 18.5 Å². The molecule has 1 aromatic heterocycles. The SMILES string of the molecule is O=c1[nH]c(=O)n(COC2Cc3ccccc3C2)nc1-c1ccccc1. The molecular weight excluding hydrogens is 318 g/mol. The first-order valence-electron chi connectivity index (χ1n) is 8.16. The number of nitrogens with one attached hydrogen (secondary N) is 1. The van der Waals surface area contributed by atoms with Crippen LogP contribution < -0.4 is 11.2 Å². The van der Waals surface area contributed by atoms with Crippen molar-refractivity contribution in [3.05, 3.63) is 86.6 Å². The van der Waals surface area contributed by atoms with Crippen molar-refractivity contribution in [1.82, 2.24) is 14.8 Å². The lowest BCUT2D eigenvalue weighted by atomic mass is 10.1. The standard InChI is InChI=1S/C19H17N3O3/c23-18-17(13-6-2-1-3-7-13)21-22(19(24)20-18)12-25-16-10-14-8-4-5-9-15(14)11-16/h1-9,16H,10-12H2,(H,20,23,24). The van der Waals surface area contributed by atoms with Crippen LogP contribution in [0.5, 0.6) is 0 Å². The summed E-state index contributed by atoms with van der Waals surface area (Å²) in [7, 11) is 0. The van der Waals surface area contributed by atoms with Crippen LogP contribution in [0.1, 0.15) is 11.1 Å². The second-order valence-corrected chi connectivity index (χ2v) is 6.07. The van der Waals surface area contributed by atoms with Crippen LogP contribution in [0.25, 0.3) is 11.3 Å². The molecule has 0 aliphatic heterocycles. The zero-order chi connectivity index (χ0) is 17.2. The Hall–Kier alpha value is -2.99. The van der Waals surface area contributed by atoms with Crippen molar-refractivity contribution in [2.24, 2.45) is 0 Å². The van der Waals surface area contributed by atoms with Gasteiger partial charge >= 0.3 is 5.69 Å². The maximum Gasteiger partial charge on any atom is 0.347 e. The number of hydrogen-bond acceptors (Lipinski definition) is 4. The van der Waals surface area contributed by atoms with E-state index in [1.54, 1.807) is 12.1 Å². The van der Waals surface area contributed by atoms with Crippen molar-refractivity contribution >= 4 is 0 Å². The molecule has 0 atom stereocenters. The first-order valence-corrected chi connectivity index (χ1v) is 8.16. The largest absolute Gasteiger partial charge is 0.355 e. The normalized spacial score (nSPS) is 13.8. The number of H-pyrrole nitrogens is 1. The van der Waals surface area contributed by atoms with E-state index in [4.69, 9.17) is 4.74 Å². The summed E-state index contributed by atoms with van der Waals surface area (Å²) in [4.78, 5) is 26.3. The first kappa shape index (κ1) is 15.5. The highest BCUT2D eigenvalue weighted by atomic mass is 16.5. The number of nitrogens with zero attached hydrogens (tertiary/aromatic N) is 2. The Kier molecular flexibility index (Phi) is 4.03. The van der Waals surface area contributed by atoms with Crippen LogP contribution in [-0.4, -0.2) is 20.9 Å². The molecule has 0 fully saturated rings. The molecule has 0 radical (unpaired) electrons. The monoisotopic (exact) mass is 335 g/mol. The van der Waals surface area contributed by atoms with Gasteiger partial charge in [-0.2, -0.15) is 9.78 Å². The first-order chi connectivity index (χ1) is 12.2. The van der Waals surface area contributed by atoms with Gasteiger partial charge in [0.1, 0.15) is 6.73 Å². The van der Waals surface area contributed by atoms with Crippen LogP contribution in [-0.2, 0) is 24.3 Å². The summed E-state index contributed by atoms with van der Waals surface area (Å²) in [5.74, 6) is 0. The third-order valence-electron chi connectivity index (χ3n) is 4.38. The lowest BCUT2D eigenvalue weighted by Crippen LogP contribution is -2.35. The molecule has 0 bridgehead atoms. The smallest absolute Gasteiger partial charge is 0.347 e. The summed E-state index contributed by atoms with van der Waals surface area (Å²) in [6.07, 6.45) is 1.65. The molecule has 0 saturated carbocycles. The molecule has 2 aromatic carbocycles. The molecule has 0 unspecified atom stereocenters. The van der Waals surface area contributed by atoms with E-state index in [1.807, 2.05) is 30.3 Å². The lowest BCUT2D eigenvalue weighted by molar-refractivity contribution is 0.00413. The van der Waals surface area contributed by atoms with Gasteiger partial charge < -0.3 is 4.74 Å². The van der Waals surface area contributed by atoms with Gasteiger partial charge in [0.2, 0.25) is 0 Å². The van der Waals surface area contributed by atoms with Gasteiger partial charge in [-0.15, -0.1) is 0 Å². The van der Waals surface area contributed by atoms with E-state index in [2.05, 4.69) is 22.2 Å². The van der Waals surface area contributed by atoms with Crippen LogP contribution in [0.4, 0.5) is 0 Å². The second-order valence-electron chi connectivity index (χ2n) is 6.07. The summed E-state index contributed by atoms with van der Waals surface area (Å²) in [5.41, 5.74) is 2.35. The number of fused-ring (bicyclic) bond motifs is 1. The maximum absolute atomic E-state index is 12.0. The predicted molar refractivity (Wildman–Crippen MR) is 93.3 cm³/mol. The van der Waals surface area contributed by atoms with Crippen molar-refractivity contribution in [1.29, 1.82) is 0 Å². The van der Waals surface area contributed by atoms with Gasteiger partial charge in [0.25, 0.3) is 5.56 Å². The van der Waals surface area contributed by atoms with Gasteiger partial charge in [-0.05, 0) is 24.0 Å². The maximum atomic E-state index is 12.0. The van der Waals surface area contributed by atoms with Crippen molar-refractivity contribution in [3.63, 3.8) is 0 Å². The molecule has 3 aromatic rings. The zero-order valence-electron chi connectivity index (χ0n) is 13.5. The van der Waals surface area contributed by atoms with E-state index in [1.165, 1.54) is 11.1 Å². The summed E-state index contributed by atoms with van der Waals surface area (Å²) in [5, 5.41) is 4.19. The van der Waals surface area contributed by atoms with E-state index < -0.39 is 11.2 Å². The Morgan fingerprint density at radius 1 is 1.00 bits per heavy atom. The fourth-order valence-electron chi connectivity index (χ4n) is 3.12. The van der Waals surface area contributed by atoms with E-state index in [0.29, 0.717) is 5.56 Å². The number of aromatic amines is 1. The third kappa shape index (κ3) is 3.16. The van der Waals surface area contributed by atoms with Gasteiger partial charge in [0.15, 0.2) is 5.69 Å². The fraction of sp³-hybridized carbons (Fsp3) is 0.211. The number of rotatable bonds is 4. The third-order valence-corrected chi connectivity index (χ3v) is 4.38. The highest BCUT2D eigenvalue weighted by molar-refractivity contribution is 5.56. The van der Waals surface area contributed by atoms with Crippen LogP contribution in [0, 0.1) is 0 Å². The summed E-state index contributed by atoms with van der Waals surface area (Å²) in [6.45, 7) is 0.00804. The topological polar surface area (TPSA) is 77.0 Å². The molecule has 25 heavy (non-hydrogen) atoms. The van der Waals surface area contributed by atoms with Crippen LogP contribution in [0.2, 0.25) is 0 Å². The molecule has 1 N–H and O–H groups in total. The predicted octanol–water partition coefficient (Wildman–Crippen LogP) is 1.74. The van der Waals surface area contributed by atoms with Crippen molar-refractivity contribution < 1.29 is 4.74 Å². The highest BCUT2D eigenvalue weighted by Gasteiger charge is 2.21. The molecule has 0 amide bonds. The number of ether oxygens (including phenoxy) is 1. The molecule has 1 aliphatic carbocycles. The van der Waals surface area contributed by atoms with Crippen LogP contribution in [0.15, 0.2) is 64.2 Å². The Morgan fingerprint density at radius 3 is 2.32 bits per heavy atom. The molecule has 6 heteroatoms. The van der Waals surface area contributed by atoms with Crippen LogP contribution >= 0.6 is 0 Å². The van der Waals surface area contributed by atoms with Gasteiger partial charge in [0.05, 0.1) is 6.10 Å². The zero-order valence-corrected chi connectivity index (χ0v) is 13.5.